The highest BCUT2D eigenvalue weighted by Crippen LogP contribution is 2.27. The third kappa shape index (κ3) is 2.77. The van der Waals surface area contributed by atoms with Gasteiger partial charge in [0.05, 0.1) is 17.4 Å². The molecule has 1 aromatic rings. The van der Waals surface area contributed by atoms with Crippen LogP contribution in [0.3, 0.4) is 0 Å². The molecule has 2 rings (SSSR count). The maximum Gasteiger partial charge on any atom is 0.258 e. The van der Waals surface area contributed by atoms with Crippen LogP contribution >= 0.6 is 11.6 Å². The Labute approximate surface area is 118 Å². The van der Waals surface area contributed by atoms with Gasteiger partial charge in [-0.25, -0.2) is 0 Å². The second kappa shape index (κ2) is 5.51. The Hall–Kier alpha value is -1.07. The molecule has 0 radical (unpaired) electrons. The molecule has 1 saturated carbocycles. The van der Waals surface area contributed by atoms with Gasteiger partial charge in [0.2, 0.25) is 0 Å². The molecule has 0 aliphatic heterocycles. The number of aliphatic hydroxyl groups is 1. The third-order valence-electron chi connectivity index (χ3n) is 3.84. The van der Waals surface area contributed by atoms with Crippen molar-refractivity contribution in [2.75, 3.05) is 13.6 Å². The Morgan fingerprint density at radius 2 is 2.26 bits per heavy atom. The van der Waals surface area contributed by atoms with Crippen molar-refractivity contribution in [1.82, 2.24) is 14.7 Å². The summed E-state index contributed by atoms with van der Waals surface area (Å²) >= 11 is 6.10. The van der Waals surface area contributed by atoms with Crippen LogP contribution in [-0.4, -0.2) is 45.4 Å². The van der Waals surface area contributed by atoms with Gasteiger partial charge in [-0.2, -0.15) is 5.10 Å². The van der Waals surface area contributed by atoms with Crippen LogP contribution in [-0.2, 0) is 7.05 Å². The van der Waals surface area contributed by atoms with Crippen molar-refractivity contribution in [1.29, 1.82) is 0 Å². The standard InChI is InChI=1S/C13H20ClN3O2/c1-8-11(12(14)17(3)15-8)13(19)16(2)7-9-5-4-6-10(9)18/h9-10,18H,4-7H2,1-3H3. The maximum atomic E-state index is 12.4. The summed E-state index contributed by atoms with van der Waals surface area (Å²) in [5.74, 6) is 0.0411. The number of aromatic nitrogens is 2. The summed E-state index contributed by atoms with van der Waals surface area (Å²) in [5.41, 5.74) is 1.09. The molecule has 5 nitrogen and oxygen atoms in total. The van der Waals surface area contributed by atoms with E-state index < -0.39 is 0 Å². The van der Waals surface area contributed by atoms with Crippen molar-refractivity contribution in [3.63, 3.8) is 0 Å². The Morgan fingerprint density at radius 3 is 2.74 bits per heavy atom. The largest absolute Gasteiger partial charge is 0.393 e. The normalized spacial score (nSPS) is 22.8. The van der Waals surface area contributed by atoms with Crippen LogP contribution in [0.25, 0.3) is 0 Å². The molecular weight excluding hydrogens is 266 g/mol. The molecule has 2 unspecified atom stereocenters. The second-order valence-electron chi connectivity index (χ2n) is 5.32. The summed E-state index contributed by atoms with van der Waals surface area (Å²) in [6, 6.07) is 0. The van der Waals surface area contributed by atoms with Gasteiger partial charge in [-0.05, 0) is 19.8 Å². The number of amides is 1. The number of halogens is 1. The van der Waals surface area contributed by atoms with Gasteiger partial charge in [-0.15, -0.1) is 0 Å². The molecule has 0 spiro atoms. The molecule has 0 saturated heterocycles. The molecule has 0 aromatic carbocycles. The average Bonchev–Trinajstić information content (AvgIpc) is 2.84. The van der Waals surface area contributed by atoms with Crippen LogP contribution in [0.5, 0.6) is 0 Å². The number of nitrogens with zero attached hydrogens (tertiary/aromatic N) is 3. The van der Waals surface area contributed by atoms with E-state index in [1.165, 1.54) is 4.68 Å². The lowest BCUT2D eigenvalue weighted by molar-refractivity contribution is 0.0693. The molecule has 1 aliphatic rings. The average molecular weight is 286 g/mol. The highest BCUT2D eigenvalue weighted by molar-refractivity contribution is 6.33. The second-order valence-corrected chi connectivity index (χ2v) is 5.68. The van der Waals surface area contributed by atoms with Gasteiger partial charge in [-0.1, -0.05) is 18.0 Å². The molecule has 1 aromatic heterocycles. The van der Waals surface area contributed by atoms with E-state index in [9.17, 15) is 9.90 Å². The molecule has 1 fully saturated rings. The highest BCUT2D eigenvalue weighted by atomic mass is 35.5. The molecule has 106 valence electrons. The van der Waals surface area contributed by atoms with E-state index >= 15 is 0 Å². The molecular formula is C13H20ClN3O2. The van der Waals surface area contributed by atoms with E-state index in [4.69, 9.17) is 11.6 Å². The topological polar surface area (TPSA) is 58.4 Å². The summed E-state index contributed by atoms with van der Waals surface area (Å²) in [6.07, 6.45) is 2.54. The van der Waals surface area contributed by atoms with Crippen molar-refractivity contribution in [2.24, 2.45) is 13.0 Å². The summed E-state index contributed by atoms with van der Waals surface area (Å²) in [6.45, 7) is 2.34. The fraction of sp³-hybridized carbons (Fsp3) is 0.692. The van der Waals surface area contributed by atoms with E-state index in [-0.39, 0.29) is 17.9 Å². The number of rotatable bonds is 3. The first-order valence-corrected chi connectivity index (χ1v) is 6.92. The minimum Gasteiger partial charge on any atom is -0.393 e. The molecule has 2 atom stereocenters. The SMILES string of the molecule is Cc1nn(C)c(Cl)c1C(=O)N(C)CC1CCCC1O. The van der Waals surface area contributed by atoms with Crippen LogP contribution in [0.2, 0.25) is 5.15 Å². The van der Waals surface area contributed by atoms with Crippen molar-refractivity contribution in [3.05, 3.63) is 16.4 Å². The van der Waals surface area contributed by atoms with E-state index in [2.05, 4.69) is 5.10 Å². The van der Waals surface area contributed by atoms with Crippen molar-refractivity contribution in [2.45, 2.75) is 32.3 Å². The quantitative estimate of drug-likeness (QED) is 0.918. The van der Waals surface area contributed by atoms with Crippen molar-refractivity contribution >= 4 is 17.5 Å². The Balaban J connectivity index is 2.10. The van der Waals surface area contributed by atoms with Gasteiger partial charge >= 0.3 is 0 Å². The first kappa shape index (κ1) is 14.3. The Kier molecular flexibility index (Phi) is 4.16. The summed E-state index contributed by atoms with van der Waals surface area (Å²) < 4.78 is 1.50. The van der Waals surface area contributed by atoms with Crippen LogP contribution in [0.4, 0.5) is 0 Å². The van der Waals surface area contributed by atoms with Crippen molar-refractivity contribution in [3.8, 4) is 0 Å². The monoisotopic (exact) mass is 285 g/mol. The van der Waals surface area contributed by atoms with Gasteiger partial charge in [-0.3, -0.25) is 9.48 Å². The van der Waals surface area contributed by atoms with Gasteiger partial charge in [0.15, 0.2) is 0 Å². The predicted molar refractivity (Wildman–Crippen MR) is 73.3 cm³/mol. The first-order valence-electron chi connectivity index (χ1n) is 6.54. The molecule has 1 heterocycles. The van der Waals surface area contributed by atoms with E-state index in [0.29, 0.717) is 23.0 Å². The zero-order valence-corrected chi connectivity index (χ0v) is 12.3. The number of carbonyl (C=O) groups excluding carboxylic acids is 1. The van der Waals surface area contributed by atoms with E-state index in [0.717, 1.165) is 19.3 Å². The van der Waals surface area contributed by atoms with Gasteiger partial charge in [0.1, 0.15) is 5.15 Å². The Morgan fingerprint density at radius 1 is 1.58 bits per heavy atom. The van der Waals surface area contributed by atoms with E-state index in [1.54, 1.807) is 25.9 Å². The Bertz CT molecular complexity index is 486. The fourth-order valence-corrected chi connectivity index (χ4v) is 2.98. The lowest BCUT2D eigenvalue weighted by Gasteiger charge is -2.23. The first-order chi connectivity index (χ1) is 8.91. The molecule has 1 N–H and O–H groups in total. The number of aliphatic hydroxyl groups excluding tert-OH is 1. The number of hydrogen-bond donors (Lipinski definition) is 1. The molecule has 1 aliphatic carbocycles. The molecule has 19 heavy (non-hydrogen) atoms. The highest BCUT2D eigenvalue weighted by Gasteiger charge is 2.29. The lowest BCUT2D eigenvalue weighted by atomic mass is 10.1. The van der Waals surface area contributed by atoms with Gasteiger partial charge in [0, 0.05) is 26.6 Å². The minimum absolute atomic E-state index is 0.130. The summed E-state index contributed by atoms with van der Waals surface area (Å²) in [4.78, 5) is 14.0. The van der Waals surface area contributed by atoms with Crippen LogP contribution in [0.1, 0.15) is 35.3 Å². The molecule has 0 bridgehead atoms. The number of aryl methyl sites for hydroxylation is 2. The van der Waals surface area contributed by atoms with Crippen LogP contribution in [0.15, 0.2) is 0 Å². The molecule has 6 heteroatoms. The summed E-state index contributed by atoms with van der Waals surface area (Å²) in [7, 11) is 3.46. The van der Waals surface area contributed by atoms with Crippen LogP contribution < -0.4 is 0 Å². The number of hydrogen-bond acceptors (Lipinski definition) is 3. The van der Waals surface area contributed by atoms with Crippen molar-refractivity contribution < 1.29 is 9.90 Å². The minimum atomic E-state index is -0.291. The van der Waals surface area contributed by atoms with E-state index in [1.807, 2.05) is 0 Å². The van der Waals surface area contributed by atoms with Gasteiger partial charge in [0.25, 0.3) is 5.91 Å². The lowest BCUT2D eigenvalue weighted by Crippen LogP contribution is -2.34. The summed E-state index contributed by atoms with van der Waals surface area (Å²) in [5, 5.41) is 14.3. The predicted octanol–water partition coefficient (Wildman–Crippen LogP) is 1.61. The zero-order chi connectivity index (χ0) is 14.2. The fourth-order valence-electron chi connectivity index (χ4n) is 2.73. The van der Waals surface area contributed by atoms with Gasteiger partial charge < -0.3 is 10.0 Å². The van der Waals surface area contributed by atoms with Crippen LogP contribution in [0, 0.1) is 12.8 Å². The molecule has 1 amide bonds. The number of carbonyl (C=O) groups is 1. The third-order valence-corrected chi connectivity index (χ3v) is 4.27. The maximum absolute atomic E-state index is 12.4. The zero-order valence-electron chi connectivity index (χ0n) is 11.6. The smallest absolute Gasteiger partial charge is 0.258 e.